The van der Waals surface area contributed by atoms with Gasteiger partial charge >= 0.3 is 5.97 Å². The summed E-state index contributed by atoms with van der Waals surface area (Å²) < 4.78 is 23.1. The molecule has 0 spiro atoms. The fourth-order valence-corrected chi connectivity index (χ4v) is 3.22. The van der Waals surface area contributed by atoms with Crippen molar-refractivity contribution in [3.05, 3.63) is 28.2 Å². The number of carboxylic acid groups (broad SMARTS) is 1. The number of primary sulfonamides is 1. The van der Waals surface area contributed by atoms with E-state index < -0.39 is 27.9 Å². The Morgan fingerprint density at radius 3 is 2.62 bits per heavy atom. The molecule has 1 aliphatic heterocycles. The Kier molecular flexibility index (Phi) is 4.35. The van der Waals surface area contributed by atoms with Crippen LogP contribution < -0.4 is 5.14 Å². The van der Waals surface area contributed by atoms with Gasteiger partial charge in [-0.3, -0.25) is 4.79 Å². The number of benzene rings is 1. The fourth-order valence-electron chi connectivity index (χ4n) is 2.27. The number of sulfonamides is 1. The van der Waals surface area contributed by atoms with Gasteiger partial charge in [0.05, 0.1) is 10.5 Å². The molecule has 0 aliphatic carbocycles. The molecule has 0 saturated carbocycles. The van der Waals surface area contributed by atoms with E-state index in [1.165, 1.54) is 17.0 Å². The van der Waals surface area contributed by atoms with Crippen molar-refractivity contribution >= 4 is 37.8 Å². The van der Waals surface area contributed by atoms with Crippen molar-refractivity contribution in [1.29, 1.82) is 0 Å². The summed E-state index contributed by atoms with van der Waals surface area (Å²) in [5, 5.41) is 14.2. The maximum absolute atomic E-state index is 12.5. The third-order valence-electron chi connectivity index (χ3n) is 3.30. The molecule has 0 unspecified atom stereocenters. The van der Waals surface area contributed by atoms with Crippen LogP contribution in [0.5, 0.6) is 0 Å². The highest BCUT2D eigenvalue weighted by atomic mass is 79.9. The zero-order valence-corrected chi connectivity index (χ0v) is 13.2. The number of likely N-dealkylation sites (tertiary alicyclic amines) is 1. The molecule has 1 aromatic carbocycles. The quantitative estimate of drug-likeness (QED) is 0.808. The minimum absolute atomic E-state index is 0.0784. The molecule has 0 radical (unpaired) electrons. The van der Waals surface area contributed by atoms with Crippen molar-refractivity contribution in [3.63, 3.8) is 0 Å². The summed E-state index contributed by atoms with van der Waals surface area (Å²) >= 11 is 3.17. The Bertz CT molecular complexity index is 704. The van der Waals surface area contributed by atoms with Crippen LogP contribution >= 0.6 is 15.9 Å². The largest absolute Gasteiger partial charge is 0.480 e. The molecule has 0 aromatic heterocycles. The summed E-state index contributed by atoms with van der Waals surface area (Å²) in [7, 11) is -3.94. The zero-order chi connectivity index (χ0) is 15.8. The molecule has 0 bridgehead atoms. The molecule has 1 atom stereocenters. The molecule has 1 saturated heterocycles. The van der Waals surface area contributed by atoms with Crippen LogP contribution in [0.25, 0.3) is 0 Å². The van der Waals surface area contributed by atoms with E-state index in [-0.39, 0.29) is 10.5 Å². The van der Waals surface area contributed by atoms with Gasteiger partial charge in [-0.2, -0.15) is 0 Å². The number of carbonyl (C=O) groups excluding carboxylic acids is 1. The number of hydrogen-bond donors (Lipinski definition) is 2. The minimum atomic E-state index is -3.94. The molecule has 1 fully saturated rings. The van der Waals surface area contributed by atoms with Gasteiger partial charge in [0.15, 0.2) is 0 Å². The van der Waals surface area contributed by atoms with E-state index in [1.807, 2.05) is 0 Å². The summed E-state index contributed by atoms with van der Waals surface area (Å²) in [6.45, 7) is 0.321. The first-order valence-corrected chi connectivity index (χ1v) is 8.42. The van der Waals surface area contributed by atoms with Gasteiger partial charge in [-0.15, -0.1) is 0 Å². The number of carboxylic acids is 1. The standard InChI is InChI=1S/C12H13BrN2O5S/c13-9-4-3-7(21(14,19)20)6-8(9)11(16)15-5-1-2-10(15)12(17)18/h3-4,6,10H,1-2,5H2,(H,17,18)(H2,14,19,20)/t10-/m0/s1. The predicted octanol–water partition coefficient (Wildman–Crippen LogP) is 0.786. The van der Waals surface area contributed by atoms with Gasteiger partial charge in [0.25, 0.3) is 5.91 Å². The topological polar surface area (TPSA) is 118 Å². The Hall–Kier alpha value is -1.45. The molecule has 1 aromatic rings. The number of halogens is 1. The van der Waals surface area contributed by atoms with E-state index >= 15 is 0 Å². The van der Waals surface area contributed by atoms with Crippen molar-refractivity contribution in [1.82, 2.24) is 4.90 Å². The van der Waals surface area contributed by atoms with Gasteiger partial charge in [-0.1, -0.05) is 0 Å². The molecular weight excluding hydrogens is 364 g/mol. The third-order valence-corrected chi connectivity index (χ3v) is 4.90. The summed E-state index contributed by atoms with van der Waals surface area (Å²) in [4.78, 5) is 24.6. The first-order valence-electron chi connectivity index (χ1n) is 6.08. The molecule has 9 heteroatoms. The number of nitrogens with zero attached hydrogens (tertiary/aromatic N) is 1. The van der Waals surface area contributed by atoms with Crippen LogP contribution in [0.1, 0.15) is 23.2 Å². The van der Waals surface area contributed by atoms with E-state index in [1.54, 1.807) is 0 Å². The Labute approximate surface area is 129 Å². The van der Waals surface area contributed by atoms with Crippen LogP contribution in [0.3, 0.4) is 0 Å². The van der Waals surface area contributed by atoms with Crippen molar-refractivity contribution in [2.75, 3.05) is 6.54 Å². The molecule has 21 heavy (non-hydrogen) atoms. The lowest BCUT2D eigenvalue weighted by atomic mass is 10.1. The lowest BCUT2D eigenvalue weighted by molar-refractivity contribution is -0.141. The molecular formula is C12H13BrN2O5S. The van der Waals surface area contributed by atoms with Crippen LogP contribution in [-0.2, 0) is 14.8 Å². The van der Waals surface area contributed by atoms with Crippen LogP contribution in [0.15, 0.2) is 27.6 Å². The monoisotopic (exact) mass is 376 g/mol. The maximum atomic E-state index is 12.5. The van der Waals surface area contributed by atoms with Crippen LogP contribution in [-0.4, -0.2) is 42.9 Å². The second kappa shape index (κ2) is 5.74. The first kappa shape index (κ1) is 15.9. The number of carbonyl (C=O) groups is 2. The van der Waals surface area contributed by atoms with Gasteiger partial charge in [0.2, 0.25) is 10.0 Å². The zero-order valence-electron chi connectivity index (χ0n) is 10.8. The molecule has 7 nitrogen and oxygen atoms in total. The van der Waals surface area contributed by atoms with Crippen molar-refractivity contribution in [2.45, 2.75) is 23.8 Å². The Morgan fingerprint density at radius 1 is 1.38 bits per heavy atom. The molecule has 2 rings (SSSR count). The highest BCUT2D eigenvalue weighted by Crippen LogP contribution is 2.26. The third kappa shape index (κ3) is 3.25. The van der Waals surface area contributed by atoms with Gasteiger partial charge in [-0.25, -0.2) is 18.4 Å². The van der Waals surface area contributed by atoms with Gasteiger partial charge in [-0.05, 0) is 47.0 Å². The molecule has 1 heterocycles. The van der Waals surface area contributed by atoms with Crippen LogP contribution in [0.4, 0.5) is 0 Å². The van der Waals surface area contributed by atoms with E-state index in [2.05, 4.69) is 15.9 Å². The number of nitrogens with two attached hydrogens (primary N) is 1. The van der Waals surface area contributed by atoms with Gasteiger partial charge in [0.1, 0.15) is 6.04 Å². The second-order valence-corrected chi connectivity index (χ2v) is 7.10. The Morgan fingerprint density at radius 2 is 2.05 bits per heavy atom. The summed E-state index contributed by atoms with van der Waals surface area (Å²) in [6.07, 6.45) is 0.975. The lowest BCUT2D eigenvalue weighted by Gasteiger charge is -2.22. The number of hydrogen-bond acceptors (Lipinski definition) is 4. The van der Waals surface area contributed by atoms with E-state index in [0.29, 0.717) is 23.9 Å². The average molecular weight is 377 g/mol. The summed E-state index contributed by atoms with van der Waals surface area (Å²) in [6, 6.07) is 2.94. The molecule has 114 valence electrons. The van der Waals surface area contributed by atoms with E-state index in [0.717, 1.165) is 6.07 Å². The summed E-state index contributed by atoms with van der Waals surface area (Å²) in [5.74, 6) is -1.60. The van der Waals surface area contributed by atoms with Gasteiger partial charge < -0.3 is 10.0 Å². The highest BCUT2D eigenvalue weighted by molar-refractivity contribution is 9.10. The average Bonchev–Trinajstić information content (AvgIpc) is 2.86. The molecule has 3 N–H and O–H groups in total. The Balaban J connectivity index is 2.41. The first-order chi connectivity index (χ1) is 9.71. The highest BCUT2D eigenvalue weighted by Gasteiger charge is 2.35. The van der Waals surface area contributed by atoms with Crippen molar-refractivity contribution in [2.24, 2.45) is 5.14 Å². The van der Waals surface area contributed by atoms with Crippen molar-refractivity contribution < 1.29 is 23.1 Å². The SMILES string of the molecule is NS(=O)(=O)c1ccc(Br)c(C(=O)N2CCC[C@H]2C(=O)O)c1. The second-order valence-electron chi connectivity index (χ2n) is 4.68. The number of rotatable bonds is 3. The number of amides is 1. The number of aliphatic carboxylic acids is 1. The molecule has 1 aliphatic rings. The van der Waals surface area contributed by atoms with Crippen molar-refractivity contribution in [3.8, 4) is 0 Å². The summed E-state index contributed by atoms with van der Waals surface area (Å²) in [5.41, 5.74) is 0.0784. The van der Waals surface area contributed by atoms with Crippen LogP contribution in [0.2, 0.25) is 0 Å². The smallest absolute Gasteiger partial charge is 0.326 e. The lowest BCUT2D eigenvalue weighted by Crippen LogP contribution is -2.40. The van der Waals surface area contributed by atoms with Crippen LogP contribution in [0, 0.1) is 0 Å². The maximum Gasteiger partial charge on any atom is 0.326 e. The van der Waals surface area contributed by atoms with Gasteiger partial charge in [0, 0.05) is 11.0 Å². The predicted molar refractivity (Wildman–Crippen MR) is 77.2 cm³/mol. The fraction of sp³-hybridized carbons (Fsp3) is 0.333. The minimum Gasteiger partial charge on any atom is -0.480 e. The van der Waals surface area contributed by atoms with E-state index in [9.17, 15) is 18.0 Å². The normalized spacial score (nSPS) is 18.8. The molecule has 1 amide bonds. The van der Waals surface area contributed by atoms with E-state index in [4.69, 9.17) is 10.2 Å².